The molecule has 232 valence electrons. The summed E-state index contributed by atoms with van der Waals surface area (Å²) in [5.74, 6) is 1.97. The third-order valence-corrected chi connectivity index (χ3v) is 11.1. The van der Waals surface area contributed by atoms with Gasteiger partial charge >= 0.3 is 0 Å². The Bertz CT molecular complexity index is 3030. The van der Waals surface area contributed by atoms with Gasteiger partial charge in [0, 0.05) is 42.9 Å². The van der Waals surface area contributed by atoms with Gasteiger partial charge in [-0.15, -0.1) is 11.3 Å². The van der Waals surface area contributed by atoms with Gasteiger partial charge in [0.2, 0.25) is 0 Å². The highest BCUT2D eigenvalue weighted by Gasteiger charge is 2.21. The van der Waals surface area contributed by atoms with E-state index in [2.05, 4.69) is 101 Å². The van der Waals surface area contributed by atoms with Crippen molar-refractivity contribution in [2.45, 2.75) is 0 Å². The minimum Gasteiger partial charge on any atom is -0.307 e. The second kappa shape index (κ2) is 10.5. The number of thiophene rings is 1. The Morgan fingerprint density at radius 2 is 1.00 bits per heavy atom. The van der Waals surface area contributed by atoms with Gasteiger partial charge in [-0.2, -0.15) is 0 Å². The first kappa shape index (κ1) is 27.5. The molecular weight excluding hydrogens is 629 g/mol. The van der Waals surface area contributed by atoms with Crippen LogP contribution in [0.5, 0.6) is 0 Å². The molecule has 0 bridgehead atoms. The van der Waals surface area contributed by atoms with Crippen molar-refractivity contribution in [2.75, 3.05) is 0 Å². The number of fused-ring (bicyclic) bond motifs is 6. The zero-order chi connectivity index (χ0) is 32.8. The summed E-state index contributed by atoms with van der Waals surface area (Å²) in [6.45, 7) is 0. The van der Waals surface area contributed by atoms with Gasteiger partial charge in [-0.3, -0.25) is 0 Å². The van der Waals surface area contributed by atoms with E-state index in [9.17, 15) is 0 Å². The quantitative estimate of drug-likeness (QED) is 0.190. The summed E-state index contributed by atoms with van der Waals surface area (Å²) in [4.78, 5) is 14.9. The number of aromatic nitrogens is 4. The number of para-hydroxylation sites is 1. The van der Waals surface area contributed by atoms with Crippen LogP contribution in [0.2, 0.25) is 0 Å². The van der Waals surface area contributed by atoms with Crippen LogP contribution in [0.25, 0.3) is 104 Å². The van der Waals surface area contributed by atoms with E-state index in [1.54, 1.807) is 0 Å². The molecule has 0 atom stereocenters. The highest BCUT2D eigenvalue weighted by Crippen LogP contribution is 2.47. The summed E-state index contributed by atoms with van der Waals surface area (Å²) in [6.07, 6.45) is 0. The summed E-state index contributed by atoms with van der Waals surface area (Å²) < 4.78 is 5.15. The third-order valence-electron chi connectivity index (χ3n) is 9.97. The highest BCUT2D eigenvalue weighted by atomic mass is 32.1. The van der Waals surface area contributed by atoms with Crippen LogP contribution in [0.3, 0.4) is 0 Å². The van der Waals surface area contributed by atoms with Crippen molar-refractivity contribution in [1.29, 1.82) is 0 Å². The molecule has 4 heterocycles. The molecule has 0 aliphatic heterocycles. The molecule has 7 aromatic carbocycles. The standard InChI is InChI=1S/C45H26N4S/c1-3-11-28(12-4-1)43-46-44(29-13-5-2-6-14-29)48-45(47-43)32-17-9-16-30(25-32)31-21-23-37-35(26-31)42-41-40-38(50-42)24-22-27-15-10-19-34(39(27)40)33-18-7-8-20-36(33)49(37)41/h1-26H. The van der Waals surface area contributed by atoms with Crippen LogP contribution in [0, 0.1) is 0 Å². The SMILES string of the molecule is c1ccc(-c2nc(-c3ccccc3)nc(-c3cccc(-c4ccc5c(c4)c4sc6ccc7cccc8c9ccccc9n5c4c6c78)c3)n2)cc1. The Morgan fingerprint density at radius 3 is 1.78 bits per heavy atom. The van der Waals surface area contributed by atoms with Gasteiger partial charge in [-0.05, 0) is 52.2 Å². The van der Waals surface area contributed by atoms with Crippen LogP contribution in [-0.4, -0.2) is 19.4 Å². The minimum atomic E-state index is 0.653. The molecule has 0 aliphatic carbocycles. The Balaban J connectivity index is 1.13. The average Bonchev–Trinajstić information content (AvgIpc) is 3.68. The molecule has 0 saturated heterocycles. The molecule has 0 fully saturated rings. The summed E-state index contributed by atoms with van der Waals surface area (Å²) in [5.41, 5.74) is 8.91. The van der Waals surface area contributed by atoms with Crippen LogP contribution >= 0.6 is 11.3 Å². The molecule has 0 saturated carbocycles. The third kappa shape index (κ3) is 4.01. The van der Waals surface area contributed by atoms with E-state index in [1.165, 1.54) is 58.3 Å². The van der Waals surface area contributed by atoms with Crippen molar-refractivity contribution in [3.05, 3.63) is 158 Å². The molecule has 4 nitrogen and oxygen atoms in total. The lowest BCUT2D eigenvalue weighted by Crippen LogP contribution is -2.00. The predicted molar refractivity (Wildman–Crippen MR) is 209 cm³/mol. The molecule has 4 aromatic heterocycles. The number of rotatable bonds is 4. The monoisotopic (exact) mass is 654 g/mol. The molecule has 5 heteroatoms. The Morgan fingerprint density at radius 1 is 0.400 bits per heavy atom. The van der Waals surface area contributed by atoms with Crippen molar-refractivity contribution < 1.29 is 0 Å². The van der Waals surface area contributed by atoms with E-state index in [1.807, 2.05) is 72.0 Å². The molecule has 0 N–H and O–H groups in total. The lowest BCUT2D eigenvalue weighted by Gasteiger charge is -2.10. The smallest absolute Gasteiger partial charge is 0.164 e. The van der Waals surface area contributed by atoms with E-state index in [0.29, 0.717) is 17.5 Å². The van der Waals surface area contributed by atoms with Gasteiger partial charge in [-0.1, -0.05) is 127 Å². The van der Waals surface area contributed by atoms with Crippen molar-refractivity contribution in [2.24, 2.45) is 0 Å². The Kier molecular flexibility index (Phi) is 5.80. The van der Waals surface area contributed by atoms with Gasteiger partial charge < -0.3 is 4.40 Å². The Hall–Kier alpha value is -6.43. The maximum Gasteiger partial charge on any atom is 0.164 e. The first-order valence-electron chi connectivity index (χ1n) is 16.8. The second-order valence-electron chi connectivity index (χ2n) is 12.8. The lowest BCUT2D eigenvalue weighted by atomic mass is 10.00. The molecule has 11 rings (SSSR count). The van der Waals surface area contributed by atoms with Crippen molar-refractivity contribution in [3.8, 4) is 45.3 Å². The molecule has 11 aromatic rings. The van der Waals surface area contributed by atoms with Crippen LogP contribution in [-0.2, 0) is 0 Å². The van der Waals surface area contributed by atoms with E-state index < -0.39 is 0 Å². The second-order valence-corrected chi connectivity index (χ2v) is 13.9. The maximum atomic E-state index is 4.99. The van der Waals surface area contributed by atoms with E-state index >= 15 is 0 Å². The molecular formula is C45H26N4S. The number of hydrogen-bond donors (Lipinski definition) is 0. The Labute approximate surface area is 290 Å². The first-order chi connectivity index (χ1) is 24.8. The molecule has 0 amide bonds. The van der Waals surface area contributed by atoms with Crippen molar-refractivity contribution in [3.63, 3.8) is 0 Å². The minimum absolute atomic E-state index is 0.653. The molecule has 0 unspecified atom stereocenters. The summed E-state index contributed by atoms with van der Waals surface area (Å²) >= 11 is 1.90. The molecule has 0 radical (unpaired) electrons. The topological polar surface area (TPSA) is 43.1 Å². The average molecular weight is 655 g/mol. The highest BCUT2D eigenvalue weighted by molar-refractivity contribution is 7.27. The van der Waals surface area contributed by atoms with E-state index in [0.717, 1.165) is 27.8 Å². The summed E-state index contributed by atoms with van der Waals surface area (Å²) in [5, 5.41) is 7.82. The van der Waals surface area contributed by atoms with Crippen molar-refractivity contribution in [1.82, 2.24) is 19.4 Å². The zero-order valence-corrected chi connectivity index (χ0v) is 27.5. The predicted octanol–water partition coefficient (Wildman–Crippen LogP) is 12.1. The summed E-state index contributed by atoms with van der Waals surface area (Å²) in [6, 6.07) is 55.9. The van der Waals surface area contributed by atoms with E-state index in [4.69, 9.17) is 15.0 Å². The fourth-order valence-electron chi connectivity index (χ4n) is 7.71. The molecule has 0 spiro atoms. The fourth-order valence-corrected chi connectivity index (χ4v) is 8.93. The molecule has 0 aliphatic rings. The largest absolute Gasteiger partial charge is 0.307 e. The van der Waals surface area contributed by atoms with Gasteiger partial charge in [0.25, 0.3) is 0 Å². The molecule has 50 heavy (non-hydrogen) atoms. The number of hydrogen-bond acceptors (Lipinski definition) is 4. The van der Waals surface area contributed by atoms with Crippen LogP contribution < -0.4 is 0 Å². The number of nitrogens with zero attached hydrogens (tertiary/aromatic N) is 4. The summed E-state index contributed by atoms with van der Waals surface area (Å²) in [7, 11) is 0. The van der Waals surface area contributed by atoms with Gasteiger partial charge in [0.1, 0.15) is 0 Å². The van der Waals surface area contributed by atoms with Gasteiger partial charge in [0.05, 0.1) is 21.3 Å². The van der Waals surface area contributed by atoms with E-state index in [-0.39, 0.29) is 0 Å². The van der Waals surface area contributed by atoms with Crippen LogP contribution in [0.4, 0.5) is 0 Å². The van der Waals surface area contributed by atoms with Crippen LogP contribution in [0.1, 0.15) is 0 Å². The van der Waals surface area contributed by atoms with Gasteiger partial charge in [0.15, 0.2) is 17.5 Å². The fraction of sp³-hybridized carbons (Fsp3) is 0. The van der Waals surface area contributed by atoms with Gasteiger partial charge in [-0.25, -0.2) is 15.0 Å². The maximum absolute atomic E-state index is 4.99. The number of benzene rings is 7. The van der Waals surface area contributed by atoms with Crippen LogP contribution in [0.15, 0.2) is 158 Å². The normalized spacial score (nSPS) is 12.0. The lowest BCUT2D eigenvalue weighted by molar-refractivity contribution is 1.07. The zero-order valence-electron chi connectivity index (χ0n) is 26.7. The van der Waals surface area contributed by atoms with Crippen molar-refractivity contribution >= 4 is 69.6 Å². The first-order valence-corrected chi connectivity index (χ1v) is 17.6.